The minimum Gasteiger partial charge on any atom is -0.322 e. The van der Waals surface area contributed by atoms with Crippen LogP contribution in [0.25, 0.3) is 4.85 Å². The summed E-state index contributed by atoms with van der Waals surface area (Å²) >= 11 is 0. The van der Waals surface area contributed by atoms with Crippen molar-refractivity contribution in [2.24, 2.45) is 0 Å². The van der Waals surface area contributed by atoms with Crippen LogP contribution in [-0.2, 0) is 5.41 Å². The zero-order valence-corrected chi connectivity index (χ0v) is 16.9. The van der Waals surface area contributed by atoms with Gasteiger partial charge in [0.1, 0.15) is 6.67 Å². The van der Waals surface area contributed by atoms with Gasteiger partial charge in [-0.2, -0.15) is 0 Å². The second-order valence-corrected chi connectivity index (χ2v) is 8.37. The van der Waals surface area contributed by atoms with Crippen molar-refractivity contribution >= 4 is 28.4 Å². The summed E-state index contributed by atoms with van der Waals surface area (Å²) in [6.45, 7) is 17.0. The Morgan fingerprint density at radius 2 is 1.54 bits per heavy atom. The number of anilines is 4. The number of hydrogen-bond acceptors (Lipinski definition) is 2. The molecule has 3 aromatic carbocycles. The Kier molecular flexibility index (Phi) is 4.35. The van der Waals surface area contributed by atoms with Gasteiger partial charge in [0.15, 0.2) is 5.69 Å². The molecule has 3 aromatic rings. The largest absolute Gasteiger partial charge is 0.322 e. The Labute approximate surface area is 167 Å². The summed E-state index contributed by atoms with van der Waals surface area (Å²) in [5, 5.41) is 0. The maximum absolute atomic E-state index is 7.41. The van der Waals surface area contributed by atoms with E-state index in [1.807, 2.05) is 12.1 Å². The van der Waals surface area contributed by atoms with Crippen molar-refractivity contribution < 1.29 is 0 Å². The van der Waals surface area contributed by atoms with Crippen LogP contribution in [0.4, 0.5) is 28.4 Å². The van der Waals surface area contributed by atoms with Crippen LogP contribution < -0.4 is 9.80 Å². The third-order valence-corrected chi connectivity index (χ3v) is 5.40. The number of hydrogen-bond donors (Lipinski definition) is 0. The van der Waals surface area contributed by atoms with Crippen molar-refractivity contribution in [3.8, 4) is 0 Å². The van der Waals surface area contributed by atoms with Crippen LogP contribution >= 0.6 is 0 Å². The molecule has 1 heterocycles. The summed E-state index contributed by atoms with van der Waals surface area (Å²) in [7, 11) is 0. The minimum atomic E-state index is 0.138. The smallest absolute Gasteiger partial charge is 0.189 e. The van der Waals surface area contributed by atoms with E-state index in [1.54, 1.807) is 0 Å². The molecule has 0 N–H and O–H groups in total. The summed E-state index contributed by atoms with van der Waals surface area (Å²) in [6.07, 6.45) is 0. The first-order valence-electron chi connectivity index (χ1n) is 9.61. The number of nitrogens with zero attached hydrogens (tertiary/aromatic N) is 3. The molecule has 0 saturated heterocycles. The van der Waals surface area contributed by atoms with Crippen molar-refractivity contribution in [3.63, 3.8) is 0 Å². The van der Waals surface area contributed by atoms with Crippen LogP contribution in [0, 0.1) is 13.5 Å². The van der Waals surface area contributed by atoms with E-state index in [9.17, 15) is 0 Å². The lowest BCUT2D eigenvalue weighted by atomic mass is 9.87. The second-order valence-electron chi connectivity index (χ2n) is 8.37. The lowest BCUT2D eigenvalue weighted by molar-refractivity contribution is 0.590. The average Bonchev–Trinajstić information content (AvgIpc) is 3.06. The second kappa shape index (κ2) is 6.73. The van der Waals surface area contributed by atoms with Gasteiger partial charge < -0.3 is 9.80 Å². The fourth-order valence-corrected chi connectivity index (χ4v) is 3.75. The molecule has 0 atom stereocenters. The SMILES string of the molecule is [C-]#[N+]c1ccc2c(c1)N(c1ccccc1C)CN2c1ccc(C(C)(C)C)cc1. The molecule has 28 heavy (non-hydrogen) atoms. The standard InChI is InChI=1S/C25H25N3/c1-18-8-6-7-9-22(18)28-17-27(23-15-12-20(26-5)16-24(23)28)21-13-10-19(11-14-21)25(2,3)4/h6-16H,17H2,1-4H3. The van der Waals surface area contributed by atoms with Crippen LogP contribution in [0.1, 0.15) is 31.9 Å². The van der Waals surface area contributed by atoms with Crippen molar-refractivity contribution in [1.29, 1.82) is 0 Å². The summed E-state index contributed by atoms with van der Waals surface area (Å²) in [4.78, 5) is 8.26. The molecule has 0 spiro atoms. The minimum absolute atomic E-state index is 0.138. The third kappa shape index (κ3) is 3.12. The molecule has 4 rings (SSSR count). The van der Waals surface area contributed by atoms with Crippen molar-refractivity contribution in [2.75, 3.05) is 16.5 Å². The van der Waals surface area contributed by atoms with Crippen LogP contribution in [0.5, 0.6) is 0 Å². The van der Waals surface area contributed by atoms with E-state index in [-0.39, 0.29) is 5.41 Å². The first-order chi connectivity index (χ1) is 13.4. The summed E-state index contributed by atoms with van der Waals surface area (Å²) in [6, 6.07) is 23.2. The van der Waals surface area contributed by atoms with Gasteiger partial charge in [0.05, 0.1) is 17.9 Å². The maximum atomic E-state index is 7.41. The van der Waals surface area contributed by atoms with Gasteiger partial charge in [0, 0.05) is 11.4 Å². The van der Waals surface area contributed by atoms with Gasteiger partial charge >= 0.3 is 0 Å². The molecule has 1 aliphatic heterocycles. The summed E-state index contributed by atoms with van der Waals surface area (Å²) in [5.41, 5.74) is 7.94. The van der Waals surface area contributed by atoms with Gasteiger partial charge in [0.25, 0.3) is 0 Å². The normalized spacial score (nSPS) is 13.4. The third-order valence-electron chi connectivity index (χ3n) is 5.40. The quantitative estimate of drug-likeness (QED) is 0.448. The number of fused-ring (bicyclic) bond motifs is 1. The van der Waals surface area contributed by atoms with Crippen LogP contribution in [-0.4, -0.2) is 6.67 Å². The Hall–Kier alpha value is -3.25. The fraction of sp³-hybridized carbons (Fsp3) is 0.240. The van der Waals surface area contributed by atoms with Gasteiger partial charge in [-0.05, 0) is 53.8 Å². The van der Waals surface area contributed by atoms with Crippen molar-refractivity contribution in [1.82, 2.24) is 0 Å². The Morgan fingerprint density at radius 1 is 0.821 bits per heavy atom. The predicted octanol–water partition coefficient (Wildman–Crippen LogP) is 7.09. The van der Waals surface area contributed by atoms with Crippen molar-refractivity contribution in [3.05, 3.63) is 89.3 Å². The maximum Gasteiger partial charge on any atom is 0.189 e. The Morgan fingerprint density at radius 3 is 2.18 bits per heavy atom. The fourth-order valence-electron chi connectivity index (χ4n) is 3.75. The Balaban J connectivity index is 1.79. The molecule has 0 aromatic heterocycles. The van der Waals surface area contributed by atoms with E-state index in [1.165, 1.54) is 22.5 Å². The van der Waals surface area contributed by atoms with E-state index in [0.717, 1.165) is 18.0 Å². The highest BCUT2D eigenvalue weighted by Crippen LogP contribution is 2.46. The van der Waals surface area contributed by atoms with Crippen LogP contribution in [0.15, 0.2) is 66.7 Å². The highest BCUT2D eigenvalue weighted by atomic mass is 15.4. The lowest BCUT2D eigenvalue weighted by Crippen LogP contribution is -2.24. The van der Waals surface area contributed by atoms with Gasteiger partial charge in [-0.1, -0.05) is 57.2 Å². The van der Waals surface area contributed by atoms with E-state index in [0.29, 0.717) is 5.69 Å². The number of benzene rings is 3. The number of para-hydroxylation sites is 1. The predicted molar refractivity (Wildman–Crippen MR) is 118 cm³/mol. The van der Waals surface area contributed by atoms with Gasteiger partial charge in [-0.3, -0.25) is 0 Å². The van der Waals surface area contributed by atoms with E-state index >= 15 is 0 Å². The molecule has 140 valence electrons. The molecule has 3 nitrogen and oxygen atoms in total. The molecule has 0 bridgehead atoms. The van der Waals surface area contributed by atoms with Gasteiger partial charge in [0.2, 0.25) is 0 Å². The molecule has 0 radical (unpaired) electrons. The molecule has 1 aliphatic rings. The molecule has 0 aliphatic carbocycles. The average molecular weight is 367 g/mol. The molecule has 0 fully saturated rings. The highest BCUT2D eigenvalue weighted by Gasteiger charge is 2.29. The monoisotopic (exact) mass is 367 g/mol. The Bertz CT molecular complexity index is 1050. The molecule has 0 saturated carbocycles. The number of aryl methyl sites for hydroxylation is 1. The van der Waals surface area contributed by atoms with Crippen molar-refractivity contribution in [2.45, 2.75) is 33.1 Å². The molecule has 3 heteroatoms. The van der Waals surface area contributed by atoms with E-state index in [2.05, 4.69) is 96.9 Å². The van der Waals surface area contributed by atoms with E-state index < -0.39 is 0 Å². The van der Waals surface area contributed by atoms with Crippen LogP contribution in [0.3, 0.4) is 0 Å². The molecular weight excluding hydrogens is 342 g/mol. The zero-order valence-electron chi connectivity index (χ0n) is 16.9. The van der Waals surface area contributed by atoms with E-state index in [4.69, 9.17) is 6.57 Å². The first-order valence-corrected chi connectivity index (χ1v) is 9.61. The van der Waals surface area contributed by atoms with Gasteiger partial charge in [-0.15, -0.1) is 0 Å². The topological polar surface area (TPSA) is 10.8 Å². The zero-order chi connectivity index (χ0) is 19.9. The summed E-state index contributed by atoms with van der Waals surface area (Å²) in [5.74, 6) is 0. The molecule has 0 amide bonds. The lowest BCUT2D eigenvalue weighted by Gasteiger charge is -2.24. The van der Waals surface area contributed by atoms with Gasteiger partial charge in [-0.25, -0.2) is 4.85 Å². The summed E-state index contributed by atoms with van der Waals surface area (Å²) < 4.78 is 0. The molecule has 0 unspecified atom stereocenters. The number of rotatable bonds is 2. The first kappa shape index (κ1) is 18.1. The van der Waals surface area contributed by atoms with Crippen LogP contribution in [0.2, 0.25) is 0 Å². The molecular formula is C25H25N3. The highest BCUT2D eigenvalue weighted by molar-refractivity contribution is 5.89.